The molecule has 0 heterocycles. The topological polar surface area (TPSA) is 87.7 Å². The molecule has 0 spiro atoms. The SMILES string of the molecule is COc1cccc(NC(=O)N[C@@H](C(=O)O)C(C)(C)C)c1. The standard InChI is InChI=1S/C14H20N2O4/c1-14(2,3)11(12(17)18)16-13(19)15-9-6-5-7-10(8-9)20-4/h5-8,11H,1-4H3,(H,17,18)(H2,15,16,19)/t11-/m0/s1. The average molecular weight is 280 g/mol. The first-order valence-corrected chi connectivity index (χ1v) is 6.18. The van der Waals surface area contributed by atoms with Crippen LogP contribution in [0.1, 0.15) is 20.8 Å². The minimum Gasteiger partial charge on any atom is -0.497 e. The first-order chi connectivity index (χ1) is 9.24. The maximum Gasteiger partial charge on any atom is 0.326 e. The molecular weight excluding hydrogens is 260 g/mol. The number of hydrogen-bond acceptors (Lipinski definition) is 3. The van der Waals surface area contributed by atoms with Gasteiger partial charge in [-0.15, -0.1) is 0 Å². The number of urea groups is 1. The number of carboxylic acids is 1. The highest BCUT2D eigenvalue weighted by atomic mass is 16.5. The van der Waals surface area contributed by atoms with Gasteiger partial charge in [0.25, 0.3) is 0 Å². The molecule has 0 fully saturated rings. The zero-order chi connectivity index (χ0) is 15.3. The Hall–Kier alpha value is -2.24. The van der Waals surface area contributed by atoms with Crippen LogP contribution < -0.4 is 15.4 Å². The van der Waals surface area contributed by atoms with Crippen molar-refractivity contribution in [2.75, 3.05) is 12.4 Å². The molecule has 1 rings (SSSR count). The number of anilines is 1. The number of ether oxygens (including phenoxy) is 1. The van der Waals surface area contributed by atoms with E-state index in [1.54, 1.807) is 45.0 Å². The van der Waals surface area contributed by atoms with E-state index in [2.05, 4.69) is 10.6 Å². The summed E-state index contributed by atoms with van der Waals surface area (Å²) >= 11 is 0. The summed E-state index contributed by atoms with van der Waals surface area (Å²) in [5.74, 6) is -0.466. The molecule has 20 heavy (non-hydrogen) atoms. The molecule has 1 aromatic rings. The second-order valence-electron chi connectivity index (χ2n) is 5.47. The van der Waals surface area contributed by atoms with Crippen molar-refractivity contribution in [1.82, 2.24) is 5.32 Å². The van der Waals surface area contributed by atoms with Gasteiger partial charge in [-0.3, -0.25) is 0 Å². The maximum absolute atomic E-state index is 11.8. The predicted molar refractivity (Wildman–Crippen MR) is 76.0 cm³/mol. The van der Waals surface area contributed by atoms with Crippen molar-refractivity contribution >= 4 is 17.7 Å². The Morgan fingerprint density at radius 2 is 1.95 bits per heavy atom. The van der Waals surface area contributed by atoms with Gasteiger partial charge in [-0.25, -0.2) is 9.59 Å². The highest BCUT2D eigenvalue weighted by Crippen LogP contribution is 2.20. The average Bonchev–Trinajstić information content (AvgIpc) is 2.34. The third-order valence-electron chi connectivity index (χ3n) is 2.72. The normalized spacial score (nSPS) is 12.4. The lowest BCUT2D eigenvalue weighted by Gasteiger charge is -2.27. The highest BCUT2D eigenvalue weighted by molar-refractivity contribution is 5.92. The Kier molecular flexibility index (Phi) is 4.96. The van der Waals surface area contributed by atoms with Gasteiger partial charge in [0.05, 0.1) is 7.11 Å². The minimum atomic E-state index is -1.07. The number of amides is 2. The van der Waals surface area contributed by atoms with Crippen molar-refractivity contribution in [2.24, 2.45) is 5.41 Å². The number of nitrogens with one attached hydrogen (secondary N) is 2. The van der Waals surface area contributed by atoms with E-state index < -0.39 is 23.5 Å². The van der Waals surface area contributed by atoms with Gasteiger partial charge < -0.3 is 20.5 Å². The molecule has 0 bridgehead atoms. The van der Waals surface area contributed by atoms with Gasteiger partial charge in [0.15, 0.2) is 0 Å². The second kappa shape index (κ2) is 6.27. The number of hydrogen-bond donors (Lipinski definition) is 3. The van der Waals surface area contributed by atoms with Gasteiger partial charge in [0.1, 0.15) is 11.8 Å². The van der Waals surface area contributed by atoms with Crippen molar-refractivity contribution in [3.05, 3.63) is 24.3 Å². The van der Waals surface area contributed by atoms with Crippen LogP contribution >= 0.6 is 0 Å². The van der Waals surface area contributed by atoms with Crippen molar-refractivity contribution in [3.8, 4) is 5.75 Å². The van der Waals surface area contributed by atoms with Crippen LogP contribution in [0.3, 0.4) is 0 Å². The van der Waals surface area contributed by atoms with Crippen LogP contribution in [0.15, 0.2) is 24.3 Å². The molecule has 0 aliphatic heterocycles. The summed E-state index contributed by atoms with van der Waals surface area (Å²) in [6, 6.07) is 5.26. The first kappa shape index (κ1) is 15.8. The van der Waals surface area contributed by atoms with E-state index in [-0.39, 0.29) is 0 Å². The number of rotatable bonds is 4. The molecule has 1 aromatic carbocycles. The van der Waals surface area contributed by atoms with Gasteiger partial charge in [0.2, 0.25) is 0 Å². The molecule has 110 valence electrons. The lowest BCUT2D eigenvalue weighted by atomic mass is 9.87. The van der Waals surface area contributed by atoms with E-state index in [1.807, 2.05) is 0 Å². The molecule has 1 atom stereocenters. The Morgan fingerprint density at radius 1 is 1.30 bits per heavy atom. The number of aliphatic carboxylic acids is 1. The largest absolute Gasteiger partial charge is 0.497 e. The minimum absolute atomic E-state index is 0.528. The molecule has 3 N–H and O–H groups in total. The van der Waals surface area contributed by atoms with Crippen molar-refractivity contribution in [3.63, 3.8) is 0 Å². The predicted octanol–water partition coefficient (Wildman–Crippen LogP) is 2.32. The first-order valence-electron chi connectivity index (χ1n) is 6.18. The van der Waals surface area contributed by atoms with E-state index in [0.717, 1.165) is 0 Å². The zero-order valence-corrected chi connectivity index (χ0v) is 12.1. The highest BCUT2D eigenvalue weighted by Gasteiger charge is 2.32. The summed E-state index contributed by atoms with van der Waals surface area (Å²) in [5.41, 5.74) is -0.0581. The smallest absolute Gasteiger partial charge is 0.326 e. The Bertz CT molecular complexity index is 494. The van der Waals surface area contributed by atoms with Crippen molar-refractivity contribution in [2.45, 2.75) is 26.8 Å². The van der Waals surface area contributed by atoms with Gasteiger partial charge in [-0.1, -0.05) is 26.8 Å². The lowest BCUT2D eigenvalue weighted by Crippen LogP contribution is -2.50. The Balaban J connectivity index is 2.73. The molecule has 0 aliphatic carbocycles. The van der Waals surface area contributed by atoms with Crippen LogP contribution in [0.4, 0.5) is 10.5 Å². The maximum atomic E-state index is 11.8. The van der Waals surface area contributed by atoms with E-state index in [1.165, 1.54) is 7.11 Å². The second-order valence-corrected chi connectivity index (χ2v) is 5.47. The fraction of sp³-hybridized carbons (Fsp3) is 0.429. The molecule has 6 nitrogen and oxygen atoms in total. The van der Waals surface area contributed by atoms with Crippen LogP contribution in [0.25, 0.3) is 0 Å². The Labute approximate surface area is 118 Å². The third kappa shape index (κ3) is 4.46. The summed E-state index contributed by atoms with van der Waals surface area (Å²) < 4.78 is 5.04. The fourth-order valence-corrected chi connectivity index (χ4v) is 1.65. The monoisotopic (exact) mass is 280 g/mol. The third-order valence-corrected chi connectivity index (χ3v) is 2.72. The molecule has 0 unspecified atom stereocenters. The summed E-state index contributed by atoms with van der Waals surface area (Å²) in [7, 11) is 1.53. The molecule has 0 aliphatic rings. The summed E-state index contributed by atoms with van der Waals surface area (Å²) in [4.78, 5) is 23.0. The number of carbonyl (C=O) groups is 2. The van der Waals surface area contributed by atoms with Crippen LogP contribution in [0, 0.1) is 5.41 Å². The van der Waals surface area contributed by atoms with E-state index >= 15 is 0 Å². The van der Waals surface area contributed by atoms with Gasteiger partial charge in [0, 0.05) is 11.8 Å². The molecule has 0 radical (unpaired) electrons. The van der Waals surface area contributed by atoms with E-state index in [0.29, 0.717) is 11.4 Å². The van der Waals surface area contributed by atoms with Crippen LogP contribution in [0.2, 0.25) is 0 Å². The van der Waals surface area contributed by atoms with Crippen LogP contribution in [0.5, 0.6) is 5.75 Å². The number of benzene rings is 1. The van der Waals surface area contributed by atoms with E-state index in [9.17, 15) is 9.59 Å². The molecule has 0 aromatic heterocycles. The summed E-state index contributed by atoms with van der Waals surface area (Å²) in [6.07, 6.45) is 0. The molecular formula is C14H20N2O4. The molecule has 0 saturated heterocycles. The summed E-state index contributed by atoms with van der Waals surface area (Å²) in [6.45, 7) is 5.24. The van der Waals surface area contributed by atoms with Gasteiger partial charge in [-0.2, -0.15) is 0 Å². The number of carbonyl (C=O) groups excluding carboxylic acids is 1. The lowest BCUT2D eigenvalue weighted by molar-refractivity contribution is -0.141. The Morgan fingerprint density at radius 3 is 2.45 bits per heavy atom. The van der Waals surface area contributed by atoms with Crippen molar-refractivity contribution < 1.29 is 19.4 Å². The summed E-state index contributed by atoms with van der Waals surface area (Å²) in [5, 5.41) is 14.2. The molecule has 6 heteroatoms. The molecule has 0 saturated carbocycles. The van der Waals surface area contributed by atoms with Crippen LogP contribution in [-0.4, -0.2) is 30.3 Å². The number of methoxy groups -OCH3 is 1. The van der Waals surface area contributed by atoms with Gasteiger partial charge in [-0.05, 0) is 17.5 Å². The van der Waals surface area contributed by atoms with Crippen molar-refractivity contribution in [1.29, 1.82) is 0 Å². The quantitative estimate of drug-likeness (QED) is 0.789. The zero-order valence-electron chi connectivity index (χ0n) is 12.1. The van der Waals surface area contributed by atoms with E-state index in [4.69, 9.17) is 9.84 Å². The molecule has 2 amide bonds. The number of carboxylic acid groups (broad SMARTS) is 1. The van der Waals surface area contributed by atoms with Gasteiger partial charge >= 0.3 is 12.0 Å². The fourth-order valence-electron chi connectivity index (χ4n) is 1.65. The van der Waals surface area contributed by atoms with Crippen LogP contribution in [-0.2, 0) is 4.79 Å².